The highest BCUT2D eigenvalue weighted by Crippen LogP contribution is 2.50. The average molecular weight is 949 g/mol. The molecule has 0 aromatic heterocycles. The van der Waals surface area contributed by atoms with E-state index in [1.165, 1.54) is 21.1 Å². The molecule has 5 heterocycles. The van der Waals surface area contributed by atoms with Crippen molar-refractivity contribution in [3.63, 3.8) is 0 Å². The number of ether oxygens (including phenoxy) is 11. The molecular formula is C34H61O28P. The van der Waals surface area contributed by atoms with Crippen LogP contribution in [0.25, 0.3) is 0 Å². The molecule has 26 unspecified atom stereocenters. The average Bonchev–Trinajstić information content (AvgIpc) is 3.26. The zero-order valence-electron chi connectivity index (χ0n) is 34.4. The Balaban J connectivity index is 1.37. The van der Waals surface area contributed by atoms with Crippen LogP contribution in [-0.4, -0.2) is 279 Å². The Morgan fingerprint density at radius 1 is 0.429 bits per heavy atom. The van der Waals surface area contributed by atoms with E-state index in [4.69, 9.17) is 61.2 Å². The van der Waals surface area contributed by atoms with Crippen LogP contribution < -0.4 is 0 Å². The lowest BCUT2D eigenvalue weighted by Crippen LogP contribution is -2.67. The van der Waals surface area contributed by atoms with Crippen molar-refractivity contribution < 1.29 is 137 Å². The number of methoxy groups -OCH3 is 3. The topological polar surface area (TPSA) is 420 Å². The predicted molar refractivity (Wildman–Crippen MR) is 195 cm³/mol. The van der Waals surface area contributed by atoms with E-state index in [0.29, 0.717) is 0 Å². The zero-order chi connectivity index (χ0) is 46.7. The lowest BCUT2D eigenvalue weighted by atomic mass is 9.94. The normalized spacial score (nSPS) is 49.7. The van der Waals surface area contributed by atoms with Crippen LogP contribution in [0.1, 0.15) is 6.92 Å². The molecule has 0 radical (unpaired) electrons. The van der Waals surface area contributed by atoms with Crippen molar-refractivity contribution in [3.8, 4) is 0 Å². The van der Waals surface area contributed by atoms with Crippen molar-refractivity contribution in [2.24, 2.45) is 0 Å². The molecule has 5 rings (SSSR count). The van der Waals surface area contributed by atoms with E-state index in [0.717, 1.165) is 7.11 Å². The Morgan fingerprint density at radius 3 is 1.29 bits per heavy atom. The molecule has 14 N–H and O–H groups in total. The molecule has 0 aromatic rings. The van der Waals surface area contributed by atoms with Crippen LogP contribution >= 0.6 is 7.82 Å². The van der Waals surface area contributed by atoms with Gasteiger partial charge in [-0.05, 0) is 6.92 Å². The number of phosphoric acid groups is 1. The van der Waals surface area contributed by atoms with Crippen LogP contribution in [0.2, 0.25) is 0 Å². The molecule has 29 heteroatoms. The van der Waals surface area contributed by atoms with Crippen molar-refractivity contribution in [1.82, 2.24) is 0 Å². The minimum Gasteiger partial charge on any atom is -0.394 e. The zero-order valence-corrected chi connectivity index (χ0v) is 35.3. The molecule has 5 fully saturated rings. The Morgan fingerprint density at radius 2 is 0.794 bits per heavy atom. The molecule has 5 aliphatic rings. The Kier molecular flexibility index (Phi) is 19.4. The van der Waals surface area contributed by atoms with Crippen LogP contribution in [0.15, 0.2) is 0 Å². The van der Waals surface area contributed by atoms with E-state index >= 15 is 0 Å². The summed E-state index contributed by atoms with van der Waals surface area (Å²) in [5.74, 6) is 0. The number of phosphoric ester groups is 1. The van der Waals surface area contributed by atoms with Gasteiger partial charge >= 0.3 is 7.82 Å². The molecule has 0 aliphatic carbocycles. The fraction of sp³-hybridized carbons (Fsp3) is 1.00. The number of rotatable bonds is 18. The summed E-state index contributed by atoms with van der Waals surface area (Å²) in [5, 5.41) is 138. The lowest BCUT2D eigenvalue weighted by Gasteiger charge is -2.49. The van der Waals surface area contributed by atoms with Gasteiger partial charge in [0.1, 0.15) is 122 Å². The fourth-order valence-electron chi connectivity index (χ4n) is 8.05. The van der Waals surface area contributed by atoms with Crippen molar-refractivity contribution in [3.05, 3.63) is 0 Å². The molecule has 28 nitrogen and oxygen atoms in total. The molecular weight excluding hydrogens is 887 g/mol. The van der Waals surface area contributed by atoms with Gasteiger partial charge in [-0.15, -0.1) is 0 Å². The van der Waals surface area contributed by atoms with Gasteiger partial charge in [-0.1, -0.05) is 0 Å². The van der Waals surface area contributed by atoms with Crippen molar-refractivity contribution in [1.29, 1.82) is 0 Å². The number of aliphatic hydroxyl groups is 13. The summed E-state index contributed by atoms with van der Waals surface area (Å²) in [4.78, 5) is 10.8. The first-order valence-electron chi connectivity index (χ1n) is 19.8. The predicted octanol–water partition coefficient (Wildman–Crippen LogP) is -8.78. The van der Waals surface area contributed by atoms with Gasteiger partial charge in [-0.2, -0.15) is 0 Å². The summed E-state index contributed by atoms with van der Waals surface area (Å²) in [6.07, 6.45) is -42.6. The highest BCUT2D eigenvalue weighted by atomic mass is 31.2. The van der Waals surface area contributed by atoms with Crippen LogP contribution in [0.4, 0.5) is 0 Å². The quantitative estimate of drug-likeness (QED) is 0.0567. The monoisotopic (exact) mass is 948 g/mol. The van der Waals surface area contributed by atoms with E-state index in [9.17, 15) is 75.8 Å². The Bertz CT molecular complexity index is 1430. The largest absolute Gasteiger partial charge is 0.473 e. The maximum Gasteiger partial charge on any atom is 0.473 e. The summed E-state index contributed by atoms with van der Waals surface area (Å²) in [5.41, 5.74) is 0. The van der Waals surface area contributed by atoms with Crippen molar-refractivity contribution in [2.75, 3.05) is 54.4 Å². The molecule has 0 aromatic carbocycles. The summed E-state index contributed by atoms with van der Waals surface area (Å²) in [6, 6.07) is 0. The second-order valence-corrected chi connectivity index (χ2v) is 16.8. The van der Waals surface area contributed by atoms with E-state index in [2.05, 4.69) is 0 Å². The van der Waals surface area contributed by atoms with Gasteiger partial charge in [0.25, 0.3) is 0 Å². The molecule has 0 amide bonds. The van der Waals surface area contributed by atoms with Gasteiger partial charge in [-0.25, -0.2) is 4.57 Å². The molecule has 63 heavy (non-hydrogen) atoms. The second-order valence-electron chi connectivity index (χ2n) is 15.5. The second kappa shape index (κ2) is 23.0. The first-order chi connectivity index (χ1) is 29.8. The minimum atomic E-state index is -5.43. The molecule has 0 bridgehead atoms. The van der Waals surface area contributed by atoms with Crippen LogP contribution in [0.3, 0.4) is 0 Å². The SMILES string of the molecule is COC1OC(CO)C(OP(=O)(O)OC2C(C)OC(CO)C(OC3OC(COC4OC(CO)C(OC)C(O)C4O)C(OC4OC(CO)C(OC)C(O)C4O)C(O)C3O)C2O)C(O)C1O. The van der Waals surface area contributed by atoms with Crippen molar-refractivity contribution >= 4 is 7.82 Å². The van der Waals surface area contributed by atoms with E-state index in [1.54, 1.807) is 0 Å². The van der Waals surface area contributed by atoms with Crippen LogP contribution in [0.5, 0.6) is 0 Å². The molecule has 5 aliphatic heterocycles. The molecule has 0 saturated carbocycles. The number of hydrogen-bond donors (Lipinski definition) is 14. The standard InChI is InChI=1S/C34H61O28P/c1-10-25(61-63(48,49)62-30-14(8-38)55-31(52-4)20(43)19(30)42)24(47)28(13(7-37)54-10)59-34-23(46)18(41)29(60-33-22(45)17(40)27(51-3)12(6-36)57-33)15(58-34)9-53-32-21(44)16(39)26(50-2)11(5-35)56-32/h10-47H,5-9H2,1-4H3,(H,48,49). The maximum absolute atomic E-state index is 13.4. The van der Waals surface area contributed by atoms with Crippen LogP contribution in [0, 0.1) is 0 Å². The molecule has 370 valence electrons. The van der Waals surface area contributed by atoms with Gasteiger partial charge in [0, 0.05) is 21.3 Å². The first kappa shape index (κ1) is 53.1. The Labute approximate surface area is 359 Å². The summed E-state index contributed by atoms with van der Waals surface area (Å²) < 4.78 is 84.4. The third kappa shape index (κ3) is 11.5. The Hall–Kier alpha value is -0.850. The molecule has 5 saturated heterocycles. The third-order valence-corrected chi connectivity index (χ3v) is 12.5. The van der Waals surface area contributed by atoms with Gasteiger partial charge < -0.3 is 123 Å². The van der Waals surface area contributed by atoms with Crippen molar-refractivity contribution in [2.45, 2.75) is 160 Å². The molecule has 26 atom stereocenters. The molecule has 0 spiro atoms. The van der Waals surface area contributed by atoms with Gasteiger partial charge in [0.05, 0.1) is 39.1 Å². The van der Waals surface area contributed by atoms with Gasteiger partial charge in [0.2, 0.25) is 0 Å². The lowest BCUT2D eigenvalue weighted by molar-refractivity contribution is -0.379. The van der Waals surface area contributed by atoms with E-state index in [-0.39, 0.29) is 0 Å². The number of hydrogen-bond acceptors (Lipinski definition) is 27. The van der Waals surface area contributed by atoms with Gasteiger partial charge in [-0.3, -0.25) is 9.05 Å². The third-order valence-electron chi connectivity index (χ3n) is 11.5. The fourth-order valence-corrected chi connectivity index (χ4v) is 9.27. The summed E-state index contributed by atoms with van der Waals surface area (Å²) in [6.45, 7) is -2.73. The van der Waals surface area contributed by atoms with Crippen LogP contribution in [-0.2, 0) is 65.7 Å². The maximum atomic E-state index is 13.4. The highest BCUT2D eigenvalue weighted by Gasteiger charge is 2.56. The number of aliphatic hydroxyl groups excluding tert-OH is 13. The smallest absolute Gasteiger partial charge is 0.394 e. The minimum absolute atomic E-state index is 0.695. The van der Waals surface area contributed by atoms with E-state index < -0.39 is 194 Å². The summed E-state index contributed by atoms with van der Waals surface area (Å²) in [7, 11) is -1.93. The highest BCUT2D eigenvalue weighted by molar-refractivity contribution is 7.47. The van der Waals surface area contributed by atoms with Gasteiger partial charge in [0.15, 0.2) is 25.2 Å². The first-order valence-corrected chi connectivity index (χ1v) is 21.3. The van der Waals surface area contributed by atoms with E-state index in [1.807, 2.05) is 0 Å². The summed E-state index contributed by atoms with van der Waals surface area (Å²) >= 11 is 0.